The van der Waals surface area contributed by atoms with E-state index in [2.05, 4.69) is 27.9 Å². The van der Waals surface area contributed by atoms with E-state index in [-0.39, 0.29) is 5.91 Å². The van der Waals surface area contributed by atoms with E-state index >= 15 is 0 Å². The van der Waals surface area contributed by atoms with Crippen molar-refractivity contribution in [3.63, 3.8) is 0 Å². The maximum Gasteiger partial charge on any atom is 0.271 e. The summed E-state index contributed by atoms with van der Waals surface area (Å²) in [6, 6.07) is 8.05. The number of para-hydroxylation sites is 1. The maximum atomic E-state index is 12.9. The average molecular weight is 302 g/mol. The van der Waals surface area contributed by atoms with Crippen LogP contribution in [-0.4, -0.2) is 28.6 Å². The lowest BCUT2D eigenvalue weighted by molar-refractivity contribution is 0.0990. The van der Waals surface area contributed by atoms with Crippen LogP contribution in [0.4, 0.5) is 5.69 Å². The third kappa shape index (κ3) is 2.82. The van der Waals surface area contributed by atoms with Crippen LogP contribution < -0.4 is 10.2 Å². The van der Waals surface area contributed by atoms with E-state index in [1.807, 2.05) is 23.1 Å². The van der Waals surface area contributed by atoms with Gasteiger partial charge in [0.2, 0.25) is 0 Å². The van der Waals surface area contributed by atoms with Crippen molar-refractivity contribution < 1.29 is 4.79 Å². The third-order valence-corrected chi connectivity index (χ3v) is 4.35. The van der Waals surface area contributed by atoms with Gasteiger partial charge in [0.05, 0.1) is 5.69 Å². The number of carbonyl (C=O) groups excluding carboxylic acids is 1. The molecule has 0 saturated heterocycles. The van der Waals surface area contributed by atoms with E-state index in [4.69, 9.17) is 0 Å². The molecular weight excluding hydrogens is 284 g/mol. The fraction of sp³-hybridized carbons (Fsp3) is 0.400. The molecule has 0 saturated carbocycles. The molecule has 1 amide bonds. The highest BCUT2D eigenvalue weighted by atomic mass is 32.1. The molecule has 0 bridgehead atoms. The average Bonchev–Trinajstić information content (AvgIpc) is 2.85. The lowest BCUT2D eigenvalue weighted by atomic mass is 10.1. The fourth-order valence-electron chi connectivity index (χ4n) is 2.56. The first kappa shape index (κ1) is 14.2. The number of nitrogens with one attached hydrogen (secondary N) is 1. The van der Waals surface area contributed by atoms with Crippen molar-refractivity contribution >= 4 is 23.1 Å². The molecule has 1 aromatic carbocycles. The molecule has 110 valence electrons. The number of fused-ring (bicyclic) bond motifs is 1. The summed E-state index contributed by atoms with van der Waals surface area (Å²) in [5.41, 5.74) is 2.96. The summed E-state index contributed by atoms with van der Waals surface area (Å²) in [6.45, 7) is 4.33. The molecule has 0 fully saturated rings. The van der Waals surface area contributed by atoms with Gasteiger partial charge in [-0.25, -0.2) is 0 Å². The van der Waals surface area contributed by atoms with Crippen LogP contribution in [0.3, 0.4) is 0 Å². The zero-order valence-corrected chi connectivity index (χ0v) is 12.8. The van der Waals surface area contributed by atoms with Gasteiger partial charge >= 0.3 is 0 Å². The van der Waals surface area contributed by atoms with Crippen molar-refractivity contribution in [1.29, 1.82) is 0 Å². The number of aromatic nitrogens is 2. The van der Waals surface area contributed by atoms with Crippen LogP contribution in [0, 0.1) is 0 Å². The Kier molecular flexibility index (Phi) is 4.26. The second-order valence-corrected chi connectivity index (χ2v) is 5.82. The van der Waals surface area contributed by atoms with Gasteiger partial charge in [0, 0.05) is 25.3 Å². The number of nitrogens with zero attached hydrogens (tertiary/aromatic N) is 3. The van der Waals surface area contributed by atoms with Crippen molar-refractivity contribution in [2.75, 3.05) is 18.0 Å². The SMILES string of the molecule is CCCc1nnsc1C(=O)N1CCNCc2ccccc21. The number of carbonyl (C=O) groups is 1. The molecule has 2 heterocycles. The Hall–Kier alpha value is -1.79. The van der Waals surface area contributed by atoms with E-state index in [0.717, 1.165) is 42.9 Å². The summed E-state index contributed by atoms with van der Waals surface area (Å²) in [7, 11) is 0. The molecule has 0 atom stereocenters. The highest BCUT2D eigenvalue weighted by Crippen LogP contribution is 2.25. The van der Waals surface area contributed by atoms with Gasteiger partial charge in [-0.1, -0.05) is 36.0 Å². The monoisotopic (exact) mass is 302 g/mol. The molecule has 5 nitrogen and oxygen atoms in total. The van der Waals surface area contributed by atoms with Crippen LogP contribution in [0.2, 0.25) is 0 Å². The van der Waals surface area contributed by atoms with Gasteiger partial charge < -0.3 is 10.2 Å². The van der Waals surface area contributed by atoms with Crippen molar-refractivity contribution in [3.05, 3.63) is 40.4 Å². The van der Waals surface area contributed by atoms with Gasteiger partial charge in [-0.3, -0.25) is 4.79 Å². The van der Waals surface area contributed by atoms with Gasteiger partial charge in [-0.2, -0.15) is 0 Å². The Morgan fingerprint density at radius 1 is 1.43 bits per heavy atom. The highest BCUT2D eigenvalue weighted by Gasteiger charge is 2.25. The Morgan fingerprint density at radius 2 is 2.29 bits per heavy atom. The largest absolute Gasteiger partial charge is 0.311 e. The van der Waals surface area contributed by atoms with Gasteiger partial charge in [0.1, 0.15) is 4.88 Å². The summed E-state index contributed by atoms with van der Waals surface area (Å²) in [5, 5.41) is 7.46. The van der Waals surface area contributed by atoms with E-state index in [9.17, 15) is 4.79 Å². The Bertz CT molecular complexity index is 640. The predicted octanol–water partition coefficient (Wildman–Crippen LogP) is 2.24. The van der Waals surface area contributed by atoms with E-state index < -0.39 is 0 Å². The molecule has 21 heavy (non-hydrogen) atoms. The Labute approximate surface area is 128 Å². The Balaban J connectivity index is 1.95. The lowest BCUT2D eigenvalue weighted by Gasteiger charge is -2.22. The molecule has 0 unspecified atom stereocenters. The normalized spacial score (nSPS) is 14.6. The molecule has 3 rings (SSSR count). The highest BCUT2D eigenvalue weighted by molar-refractivity contribution is 7.08. The quantitative estimate of drug-likeness (QED) is 0.944. The van der Waals surface area contributed by atoms with E-state index in [1.165, 1.54) is 11.5 Å². The zero-order chi connectivity index (χ0) is 14.7. The van der Waals surface area contributed by atoms with Crippen molar-refractivity contribution in [3.8, 4) is 0 Å². The van der Waals surface area contributed by atoms with E-state index in [1.54, 1.807) is 0 Å². The smallest absolute Gasteiger partial charge is 0.271 e. The fourth-order valence-corrected chi connectivity index (χ4v) is 3.22. The summed E-state index contributed by atoms with van der Waals surface area (Å²) >= 11 is 1.20. The second-order valence-electron chi connectivity index (χ2n) is 5.06. The van der Waals surface area contributed by atoms with E-state index in [0.29, 0.717) is 11.4 Å². The number of aryl methyl sites for hydroxylation is 1. The first-order chi connectivity index (χ1) is 10.3. The first-order valence-electron chi connectivity index (χ1n) is 7.23. The van der Waals surface area contributed by atoms with Crippen molar-refractivity contribution in [1.82, 2.24) is 14.9 Å². The minimum atomic E-state index is 0.0181. The number of hydrogen-bond donors (Lipinski definition) is 1. The number of hydrogen-bond acceptors (Lipinski definition) is 5. The van der Waals surface area contributed by atoms with Gasteiger partial charge in [0.25, 0.3) is 5.91 Å². The molecule has 1 N–H and O–H groups in total. The lowest BCUT2D eigenvalue weighted by Crippen LogP contribution is -2.34. The molecule has 0 radical (unpaired) electrons. The first-order valence-corrected chi connectivity index (χ1v) is 8.00. The van der Waals surface area contributed by atoms with Crippen LogP contribution in [0.5, 0.6) is 0 Å². The minimum absolute atomic E-state index is 0.0181. The Morgan fingerprint density at radius 3 is 3.14 bits per heavy atom. The number of rotatable bonds is 3. The van der Waals surface area contributed by atoms with Crippen LogP contribution in [0.15, 0.2) is 24.3 Å². The molecule has 0 spiro atoms. The topological polar surface area (TPSA) is 58.1 Å². The third-order valence-electron chi connectivity index (χ3n) is 3.59. The summed E-state index contributed by atoms with van der Waals surface area (Å²) in [6.07, 6.45) is 1.76. The molecule has 0 aliphatic carbocycles. The molecular formula is C15H18N4OS. The molecule has 1 aliphatic rings. The minimum Gasteiger partial charge on any atom is -0.311 e. The summed E-state index contributed by atoms with van der Waals surface area (Å²) in [5.74, 6) is 0.0181. The van der Waals surface area contributed by atoms with Crippen molar-refractivity contribution in [2.45, 2.75) is 26.3 Å². The number of benzene rings is 1. The van der Waals surface area contributed by atoms with Gasteiger partial charge in [-0.15, -0.1) is 5.10 Å². The standard InChI is InChI=1S/C15H18N4OS/c1-2-5-12-14(21-18-17-12)15(20)19-9-8-16-10-11-6-3-4-7-13(11)19/h3-4,6-7,16H,2,5,8-10H2,1H3. The second kappa shape index (κ2) is 6.32. The number of amides is 1. The van der Waals surface area contributed by atoms with Crippen LogP contribution in [-0.2, 0) is 13.0 Å². The van der Waals surface area contributed by atoms with Gasteiger partial charge in [-0.05, 0) is 29.6 Å². The summed E-state index contributed by atoms with van der Waals surface area (Å²) < 4.78 is 3.96. The van der Waals surface area contributed by atoms with Crippen LogP contribution >= 0.6 is 11.5 Å². The van der Waals surface area contributed by atoms with Crippen LogP contribution in [0.1, 0.15) is 34.3 Å². The molecule has 1 aromatic heterocycles. The van der Waals surface area contributed by atoms with Crippen molar-refractivity contribution in [2.24, 2.45) is 0 Å². The van der Waals surface area contributed by atoms with Crippen LogP contribution in [0.25, 0.3) is 0 Å². The van der Waals surface area contributed by atoms with Gasteiger partial charge in [0.15, 0.2) is 0 Å². The number of anilines is 1. The molecule has 2 aromatic rings. The summed E-state index contributed by atoms with van der Waals surface area (Å²) in [4.78, 5) is 15.4. The maximum absolute atomic E-state index is 12.9. The predicted molar refractivity (Wildman–Crippen MR) is 83.7 cm³/mol. The molecule has 1 aliphatic heterocycles. The zero-order valence-electron chi connectivity index (χ0n) is 12.0. The molecule has 6 heteroatoms.